The summed E-state index contributed by atoms with van der Waals surface area (Å²) in [5, 5.41) is 20.9. The zero-order valence-corrected chi connectivity index (χ0v) is 17.5. The predicted octanol–water partition coefficient (Wildman–Crippen LogP) is 2.41. The first-order chi connectivity index (χ1) is 15.0. The first-order valence-electron chi connectivity index (χ1n) is 9.30. The molecule has 0 radical (unpaired) electrons. The number of oxazole rings is 1. The SMILES string of the molecule is CC(O)(CN(Cc1ccc(-c2cc(Cl)ccc2F)cc1)NC(=O)c1c[nH]c(=O)o1)C(=O)O. The fourth-order valence-electron chi connectivity index (χ4n) is 2.90. The van der Waals surface area contributed by atoms with Crippen molar-refractivity contribution in [2.24, 2.45) is 0 Å². The molecule has 0 aliphatic heterocycles. The van der Waals surface area contributed by atoms with Crippen molar-refractivity contribution in [3.63, 3.8) is 0 Å². The number of aliphatic hydroxyl groups is 1. The van der Waals surface area contributed by atoms with Crippen molar-refractivity contribution in [2.75, 3.05) is 6.54 Å². The van der Waals surface area contributed by atoms with Crippen LogP contribution in [0, 0.1) is 5.82 Å². The van der Waals surface area contributed by atoms with E-state index in [2.05, 4.69) is 14.8 Å². The summed E-state index contributed by atoms with van der Waals surface area (Å²) in [6, 6.07) is 10.8. The highest BCUT2D eigenvalue weighted by atomic mass is 35.5. The molecule has 168 valence electrons. The zero-order chi connectivity index (χ0) is 23.5. The van der Waals surface area contributed by atoms with E-state index in [1.807, 2.05) is 0 Å². The number of aromatic nitrogens is 1. The predicted molar refractivity (Wildman–Crippen MR) is 112 cm³/mol. The summed E-state index contributed by atoms with van der Waals surface area (Å²) in [4.78, 5) is 37.0. The van der Waals surface area contributed by atoms with Gasteiger partial charge in [0, 0.05) is 17.1 Å². The standard InChI is InChI=1S/C21H19ClFN3O6/c1-21(31,19(28)29)11-26(25-18(27)17-9-24-20(30)32-17)10-12-2-4-13(5-3-12)15-8-14(22)6-7-16(15)23/h2-9,31H,10-11H2,1H3,(H,24,30)(H,25,27)(H,28,29). The van der Waals surface area contributed by atoms with E-state index in [1.54, 1.807) is 24.3 Å². The Morgan fingerprint density at radius 2 is 1.94 bits per heavy atom. The highest BCUT2D eigenvalue weighted by molar-refractivity contribution is 6.30. The molecule has 3 aromatic rings. The Labute approximate surface area is 186 Å². The summed E-state index contributed by atoms with van der Waals surface area (Å²) < 4.78 is 18.8. The summed E-state index contributed by atoms with van der Waals surface area (Å²) in [6.07, 6.45) is 1.06. The van der Waals surface area contributed by atoms with Gasteiger partial charge >= 0.3 is 17.6 Å². The lowest BCUT2D eigenvalue weighted by atomic mass is 10.0. The van der Waals surface area contributed by atoms with Crippen molar-refractivity contribution < 1.29 is 28.6 Å². The average Bonchev–Trinajstić information content (AvgIpc) is 3.16. The van der Waals surface area contributed by atoms with Crippen molar-refractivity contribution in [3.05, 3.63) is 81.4 Å². The fraction of sp³-hybridized carbons (Fsp3) is 0.190. The summed E-state index contributed by atoms with van der Waals surface area (Å²) in [7, 11) is 0. The van der Waals surface area contributed by atoms with Crippen LogP contribution in [-0.2, 0) is 11.3 Å². The third kappa shape index (κ3) is 5.61. The fourth-order valence-corrected chi connectivity index (χ4v) is 3.07. The molecule has 9 nitrogen and oxygen atoms in total. The Kier molecular flexibility index (Phi) is 6.78. The van der Waals surface area contributed by atoms with Crippen LogP contribution in [0.3, 0.4) is 0 Å². The summed E-state index contributed by atoms with van der Waals surface area (Å²) in [5.41, 5.74) is 1.72. The molecule has 32 heavy (non-hydrogen) atoms. The lowest BCUT2D eigenvalue weighted by Crippen LogP contribution is -2.52. The van der Waals surface area contributed by atoms with E-state index < -0.39 is 35.6 Å². The van der Waals surface area contributed by atoms with Crippen molar-refractivity contribution in [1.29, 1.82) is 0 Å². The molecule has 2 aromatic carbocycles. The van der Waals surface area contributed by atoms with Gasteiger partial charge in [0.1, 0.15) is 5.82 Å². The van der Waals surface area contributed by atoms with Gasteiger partial charge in [-0.2, -0.15) is 0 Å². The number of carbonyl (C=O) groups is 2. The van der Waals surface area contributed by atoms with E-state index in [-0.39, 0.29) is 12.3 Å². The van der Waals surface area contributed by atoms with Crippen LogP contribution in [0.25, 0.3) is 11.1 Å². The molecule has 4 N–H and O–H groups in total. The van der Waals surface area contributed by atoms with Crippen LogP contribution in [-0.4, -0.2) is 44.2 Å². The van der Waals surface area contributed by atoms with Crippen molar-refractivity contribution in [3.8, 4) is 11.1 Å². The van der Waals surface area contributed by atoms with Crippen LogP contribution in [0.1, 0.15) is 23.0 Å². The number of hydrogen-bond acceptors (Lipinski definition) is 6. The molecule has 0 bridgehead atoms. The van der Waals surface area contributed by atoms with E-state index in [9.17, 15) is 29.0 Å². The highest BCUT2D eigenvalue weighted by Gasteiger charge is 2.33. The quantitative estimate of drug-likeness (QED) is 0.376. The van der Waals surface area contributed by atoms with Crippen LogP contribution in [0.15, 0.2) is 57.9 Å². The minimum atomic E-state index is -2.18. The van der Waals surface area contributed by atoms with E-state index in [1.165, 1.54) is 23.2 Å². The lowest BCUT2D eigenvalue weighted by molar-refractivity contribution is -0.159. The Bertz CT molecular complexity index is 1190. The number of benzene rings is 2. The molecule has 1 aromatic heterocycles. The van der Waals surface area contributed by atoms with E-state index >= 15 is 0 Å². The average molecular weight is 464 g/mol. The van der Waals surface area contributed by atoms with Gasteiger partial charge in [-0.1, -0.05) is 35.9 Å². The van der Waals surface area contributed by atoms with Gasteiger partial charge in [-0.05, 0) is 36.2 Å². The maximum atomic E-state index is 14.1. The number of rotatable bonds is 8. The summed E-state index contributed by atoms with van der Waals surface area (Å²) in [6.45, 7) is 0.589. The number of carboxylic acids is 1. The van der Waals surface area contributed by atoms with Gasteiger partial charge in [-0.15, -0.1) is 0 Å². The van der Waals surface area contributed by atoms with Gasteiger partial charge in [0.2, 0.25) is 5.76 Å². The highest BCUT2D eigenvalue weighted by Crippen LogP contribution is 2.26. The first kappa shape index (κ1) is 23.2. The molecule has 1 unspecified atom stereocenters. The molecule has 11 heteroatoms. The molecule has 0 saturated carbocycles. The van der Waals surface area contributed by atoms with E-state index in [0.717, 1.165) is 13.1 Å². The minimum Gasteiger partial charge on any atom is -0.479 e. The Balaban J connectivity index is 1.81. The Hall–Kier alpha value is -3.47. The number of H-pyrrole nitrogens is 1. The van der Waals surface area contributed by atoms with Gasteiger partial charge in [-0.3, -0.25) is 15.2 Å². The number of amides is 1. The maximum absolute atomic E-state index is 14.1. The van der Waals surface area contributed by atoms with Crippen molar-refractivity contribution in [2.45, 2.75) is 19.1 Å². The molecule has 3 rings (SSSR count). The molecular weight excluding hydrogens is 445 g/mol. The number of carboxylic acid groups (broad SMARTS) is 1. The Morgan fingerprint density at radius 1 is 1.25 bits per heavy atom. The van der Waals surface area contributed by atoms with Crippen LogP contribution >= 0.6 is 11.6 Å². The number of aliphatic carboxylic acids is 1. The molecule has 0 spiro atoms. The first-order valence-corrected chi connectivity index (χ1v) is 9.67. The largest absolute Gasteiger partial charge is 0.479 e. The number of nitrogens with zero attached hydrogens (tertiary/aromatic N) is 1. The maximum Gasteiger partial charge on any atom is 0.416 e. The van der Waals surface area contributed by atoms with Gasteiger partial charge < -0.3 is 14.6 Å². The normalized spacial score (nSPS) is 13.0. The van der Waals surface area contributed by atoms with E-state index in [4.69, 9.17) is 11.6 Å². The van der Waals surface area contributed by atoms with Gasteiger partial charge in [-0.25, -0.2) is 19.0 Å². The van der Waals surface area contributed by atoms with Crippen molar-refractivity contribution in [1.82, 2.24) is 15.4 Å². The van der Waals surface area contributed by atoms with Crippen LogP contribution in [0.4, 0.5) is 4.39 Å². The summed E-state index contributed by atoms with van der Waals surface area (Å²) in [5.74, 6) is -3.90. The van der Waals surface area contributed by atoms with E-state index in [0.29, 0.717) is 21.7 Å². The minimum absolute atomic E-state index is 0.0118. The second-order valence-electron chi connectivity index (χ2n) is 7.24. The molecule has 0 aliphatic rings. The van der Waals surface area contributed by atoms with Crippen LogP contribution < -0.4 is 11.2 Å². The number of nitrogens with one attached hydrogen (secondary N) is 2. The molecule has 0 saturated heterocycles. The van der Waals surface area contributed by atoms with Gasteiger partial charge in [0.25, 0.3) is 0 Å². The van der Waals surface area contributed by atoms with Gasteiger partial charge in [0.05, 0.1) is 12.7 Å². The molecule has 1 amide bonds. The number of hydrazine groups is 1. The number of halogens is 2. The third-order valence-corrected chi connectivity index (χ3v) is 4.77. The number of aromatic amines is 1. The number of hydrogen-bond donors (Lipinski definition) is 4. The molecule has 0 aliphatic carbocycles. The third-order valence-electron chi connectivity index (χ3n) is 4.53. The van der Waals surface area contributed by atoms with Crippen molar-refractivity contribution >= 4 is 23.5 Å². The number of carbonyl (C=O) groups excluding carboxylic acids is 1. The monoisotopic (exact) mass is 463 g/mol. The second-order valence-corrected chi connectivity index (χ2v) is 7.68. The second kappa shape index (κ2) is 9.35. The lowest BCUT2D eigenvalue weighted by Gasteiger charge is -2.28. The molecule has 0 fully saturated rings. The smallest absolute Gasteiger partial charge is 0.416 e. The van der Waals surface area contributed by atoms with Crippen LogP contribution in [0.5, 0.6) is 0 Å². The Morgan fingerprint density at radius 3 is 2.53 bits per heavy atom. The zero-order valence-electron chi connectivity index (χ0n) is 16.8. The molecular formula is C21H19ClFN3O6. The molecule has 1 atom stereocenters. The van der Waals surface area contributed by atoms with Crippen LogP contribution in [0.2, 0.25) is 5.02 Å². The topological polar surface area (TPSA) is 136 Å². The molecule has 1 heterocycles. The summed E-state index contributed by atoms with van der Waals surface area (Å²) >= 11 is 5.94. The van der Waals surface area contributed by atoms with Gasteiger partial charge in [0.15, 0.2) is 5.60 Å².